The lowest BCUT2D eigenvalue weighted by atomic mass is 10.2. The van der Waals surface area contributed by atoms with Crippen LogP contribution in [0.3, 0.4) is 0 Å². The summed E-state index contributed by atoms with van der Waals surface area (Å²) in [5.41, 5.74) is 0.776. The molecule has 4 nitrogen and oxygen atoms in total. The van der Waals surface area contributed by atoms with Gasteiger partial charge in [-0.05, 0) is 12.5 Å². The van der Waals surface area contributed by atoms with Crippen LogP contribution < -0.4 is 0 Å². The fourth-order valence-electron chi connectivity index (χ4n) is 0.950. The van der Waals surface area contributed by atoms with Crippen molar-refractivity contribution in [2.45, 2.75) is 38.8 Å². The van der Waals surface area contributed by atoms with E-state index in [-0.39, 0.29) is 5.16 Å². The molecule has 0 amide bonds. The van der Waals surface area contributed by atoms with E-state index in [1.54, 1.807) is 6.07 Å². The molecule has 1 aromatic rings. The Morgan fingerprint density at radius 2 is 1.93 bits per heavy atom. The Morgan fingerprint density at radius 1 is 1.33 bits per heavy atom. The average Bonchev–Trinajstić information content (AvgIpc) is 2.21. The highest BCUT2D eigenvalue weighted by atomic mass is 32.2. The van der Waals surface area contributed by atoms with Gasteiger partial charge in [0.05, 0.1) is 0 Å². The molecule has 1 rings (SSSR count). The molecule has 0 aliphatic rings. The van der Waals surface area contributed by atoms with Gasteiger partial charge >= 0.3 is 0 Å². The standard InChI is InChI=1S/C8H12N2O2S.C2H6/c1-3-4-7-5-6-9-8(10-7)13(2,11)12;1-2/h5-6H,3-4H2,1-2H3;1-2H3. The van der Waals surface area contributed by atoms with Crippen LogP contribution in [-0.2, 0) is 16.3 Å². The molecule has 0 bridgehead atoms. The first-order chi connectivity index (χ1) is 7.04. The van der Waals surface area contributed by atoms with Crippen LogP contribution in [0.25, 0.3) is 0 Å². The van der Waals surface area contributed by atoms with E-state index in [9.17, 15) is 8.42 Å². The predicted octanol–water partition coefficient (Wildman–Crippen LogP) is 1.86. The molecule has 0 spiro atoms. The first-order valence-electron chi connectivity index (χ1n) is 5.06. The highest BCUT2D eigenvalue weighted by molar-refractivity contribution is 7.90. The molecule has 5 heteroatoms. The molecule has 0 atom stereocenters. The zero-order chi connectivity index (χ0) is 11.9. The van der Waals surface area contributed by atoms with Crippen molar-refractivity contribution < 1.29 is 8.42 Å². The Kier molecular flexibility index (Phi) is 6.08. The van der Waals surface area contributed by atoms with E-state index in [1.165, 1.54) is 6.20 Å². The molecule has 0 fully saturated rings. The summed E-state index contributed by atoms with van der Waals surface area (Å²) in [5.74, 6) is 0. The van der Waals surface area contributed by atoms with Gasteiger partial charge in [-0.25, -0.2) is 18.4 Å². The van der Waals surface area contributed by atoms with Gasteiger partial charge in [0.15, 0.2) is 0 Å². The van der Waals surface area contributed by atoms with E-state index < -0.39 is 9.84 Å². The molecule has 1 aromatic heterocycles. The van der Waals surface area contributed by atoms with Crippen molar-refractivity contribution in [1.29, 1.82) is 0 Å². The van der Waals surface area contributed by atoms with Crippen LogP contribution in [0.5, 0.6) is 0 Å². The molecule has 0 saturated heterocycles. The van der Waals surface area contributed by atoms with E-state index in [2.05, 4.69) is 9.97 Å². The van der Waals surface area contributed by atoms with Crippen molar-refractivity contribution in [2.24, 2.45) is 0 Å². The molecule has 0 aliphatic carbocycles. The molecule has 0 N–H and O–H groups in total. The van der Waals surface area contributed by atoms with Crippen molar-refractivity contribution >= 4 is 9.84 Å². The Morgan fingerprint density at radius 3 is 2.40 bits per heavy atom. The molecule has 0 aromatic carbocycles. The van der Waals surface area contributed by atoms with E-state index in [1.807, 2.05) is 20.8 Å². The van der Waals surface area contributed by atoms with Crippen LogP contribution in [0.4, 0.5) is 0 Å². The minimum Gasteiger partial charge on any atom is -0.227 e. The molecular formula is C10H18N2O2S. The predicted molar refractivity (Wildman–Crippen MR) is 60.5 cm³/mol. The third-order valence-corrected chi connectivity index (χ3v) is 2.39. The molecule has 1 heterocycles. The van der Waals surface area contributed by atoms with Gasteiger partial charge in [-0.2, -0.15) is 0 Å². The highest BCUT2D eigenvalue weighted by Gasteiger charge is 2.10. The second-order valence-electron chi connectivity index (χ2n) is 2.85. The van der Waals surface area contributed by atoms with E-state index in [0.717, 1.165) is 24.8 Å². The second-order valence-corrected chi connectivity index (χ2v) is 4.76. The third-order valence-electron chi connectivity index (χ3n) is 1.53. The first kappa shape index (κ1) is 14.0. The summed E-state index contributed by atoms with van der Waals surface area (Å²) in [7, 11) is -3.27. The minimum absolute atomic E-state index is 0.0848. The number of hydrogen-bond donors (Lipinski definition) is 0. The summed E-state index contributed by atoms with van der Waals surface area (Å²) in [6, 6.07) is 1.73. The van der Waals surface area contributed by atoms with Crippen LogP contribution in [0.1, 0.15) is 32.9 Å². The summed E-state index contributed by atoms with van der Waals surface area (Å²) in [4.78, 5) is 7.63. The summed E-state index contributed by atoms with van der Waals surface area (Å²) >= 11 is 0. The van der Waals surface area contributed by atoms with Gasteiger partial charge in [-0.15, -0.1) is 0 Å². The lowest BCUT2D eigenvalue weighted by Crippen LogP contribution is -2.05. The van der Waals surface area contributed by atoms with E-state index in [4.69, 9.17) is 0 Å². The van der Waals surface area contributed by atoms with Crippen LogP contribution >= 0.6 is 0 Å². The van der Waals surface area contributed by atoms with Crippen molar-refractivity contribution in [3.05, 3.63) is 18.0 Å². The quantitative estimate of drug-likeness (QED) is 0.744. The van der Waals surface area contributed by atoms with Gasteiger partial charge in [0.1, 0.15) is 0 Å². The fourth-order valence-corrected chi connectivity index (χ4v) is 1.49. The maximum atomic E-state index is 11.1. The molecule has 0 unspecified atom stereocenters. The Balaban J connectivity index is 0.000000921. The maximum absolute atomic E-state index is 11.1. The van der Waals surface area contributed by atoms with Gasteiger partial charge in [-0.1, -0.05) is 27.2 Å². The number of aryl methyl sites for hydroxylation is 1. The first-order valence-corrected chi connectivity index (χ1v) is 6.95. The Bertz CT molecular complexity index is 388. The normalized spacial score (nSPS) is 10.4. The average molecular weight is 230 g/mol. The van der Waals surface area contributed by atoms with E-state index in [0.29, 0.717) is 0 Å². The number of rotatable bonds is 3. The number of nitrogens with zero attached hydrogens (tertiary/aromatic N) is 2. The monoisotopic (exact) mass is 230 g/mol. The van der Waals surface area contributed by atoms with E-state index >= 15 is 0 Å². The van der Waals surface area contributed by atoms with Gasteiger partial charge < -0.3 is 0 Å². The highest BCUT2D eigenvalue weighted by Crippen LogP contribution is 2.03. The van der Waals surface area contributed by atoms with Gasteiger partial charge in [0.25, 0.3) is 0 Å². The van der Waals surface area contributed by atoms with Crippen molar-refractivity contribution in [2.75, 3.05) is 6.26 Å². The van der Waals surface area contributed by atoms with Crippen molar-refractivity contribution in [1.82, 2.24) is 9.97 Å². The molecule has 15 heavy (non-hydrogen) atoms. The minimum atomic E-state index is -3.27. The number of hydrogen-bond acceptors (Lipinski definition) is 4. The summed E-state index contributed by atoms with van der Waals surface area (Å²) in [5, 5.41) is -0.0848. The zero-order valence-electron chi connectivity index (χ0n) is 9.69. The lowest BCUT2D eigenvalue weighted by molar-refractivity contribution is 0.591. The van der Waals surface area contributed by atoms with Gasteiger partial charge in [0.2, 0.25) is 15.0 Å². The molecule has 0 radical (unpaired) electrons. The second kappa shape index (κ2) is 6.50. The SMILES string of the molecule is CC.CCCc1ccnc(S(C)(=O)=O)n1. The molecule has 0 saturated carbocycles. The summed E-state index contributed by atoms with van der Waals surface area (Å²) in [6.45, 7) is 6.02. The largest absolute Gasteiger partial charge is 0.246 e. The van der Waals surface area contributed by atoms with Gasteiger partial charge in [0, 0.05) is 18.1 Å². The van der Waals surface area contributed by atoms with Crippen molar-refractivity contribution in [3.63, 3.8) is 0 Å². The fraction of sp³-hybridized carbons (Fsp3) is 0.600. The topological polar surface area (TPSA) is 59.9 Å². The molecule has 0 aliphatic heterocycles. The maximum Gasteiger partial charge on any atom is 0.246 e. The smallest absolute Gasteiger partial charge is 0.227 e. The number of sulfone groups is 1. The third kappa shape index (κ3) is 4.88. The number of aromatic nitrogens is 2. The molecule has 86 valence electrons. The van der Waals surface area contributed by atoms with Gasteiger partial charge in [-0.3, -0.25) is 0 Å². The Hall–Kier alpha value is -0.970. The summed E-state index contributed by atoms with van der Waals surface area (Å²) < 4.78 is 22.1. The molecular weight excluding hydrogens is 212 g/mol. The Labute approximate surface area is 91.7 Å². The zero-order valence-corrected chi connectivity index (χ0v) is 10.5. The van der Waals surface area contributed by atoms with Crippen molar-refractivity contribution in [3.8, 4) is 0 Å². The summed E-state index contributed by atoms with van der Waals surface area (Å²) in [6.07, 6.45) is 4.32. The van der Waals surface area contributed by atoms with Crippen LogP contribution in [0.2, 0.25) is 0 Å². The van der Waals surface area contributed by atoms with Crippen LogP contribution in [-0.4, -0.2) is 24.6 Å². The van der Waals surface area contributed by atoms with Crippen LogP contribution in [0, 0.1) is 0 Å². The lowest BCUT2D eigenvalue weighted by Gasteiger charge is -1.99. The van der Waals surface area contributed by atoms with Crippen LogP contribution in [0.15, 0.2) is 17.4 Å².